The van der Waals surface area contributed by atoms with E-state index in [9.17, 15) is 8.78 Å². The molecule has 6 heteroatoms. The first-order valence-corrected chi connectivity index (χ1v) is 6.24. The van der Waals surface area contributed by atoms with E-state index in [1.807, 2.05) is 0 Å². The smallest absolute Gasteiger partial charge is 0.228 e. The Morgan fingerprint density at radius 2 is 2.26 bits per heavy atom. The van der Waals surface area contributed by atoms with Gasteiger partial charge in [0.05, 0.1) is 5.56 Å². The molecule has 0 aliphatic carbocycles. The predicted molar refractivity (Wildman–Crippen MR) is 64.4 cm³/mol. The molecule has 1 aromatic heterocycles. The fraction of sp³-hybridized carbons (Fsp3) is 0.385. The van der Waals surface area contributed by atoms with Crippen molar-refractivity contribution in [1.29, 1.82) is 0 Å². The summed E-state index contributed by atoms with van der Waals surface area (Å²) in [6.45, 7) is 0.998. The molecule has 100 valence electrons. The number of nitrogens with zero attached hydrogens (tertiary/aromatic N) is 2. The van der Waals surface area contributed by atoms with Crippen LogP contribution in [0.1, 0.15) is 18.7 Å². The predicted octanol–water partition coefficient (Wildman–Crippen LogP) is 2.31. The monoisotopic (exact) mass is 265 g/mol. The molecule has 3 rings (SSSR count). The van der Waals surface area contributed by atoms with Gasteiger partial charge < -0.3 is 9.84 Å². The maximum atomic E-state index is 13.6. The van der Waals surface area contributed by atoms with Crippen molar-refractivity contribution in [3.05, 3.63) is 35.7 Å². The average Bonchev–Trinajstić information content (AvgIpc) is 3.01. The molecule has 2 aromatic rings. The van der Waals surface area contributed by atoms with Crippen molar-refractivity contribution < 1.29 is 13.3 Å². The van der Waals surface area contributed by atoms with Gasteiger partial charge >= 0.3 is 0 Å². The molecule has 1 fully saturated rings. The lowest BCUT2D eigenvalue weighted by Crippen LogP contribution is -2.23. The summed E-state index contributed by atoms with van der Waals surface area (Å²) in [5.74, 6) is -0.685. The summed E-state index contributed by atoms with van der Waals surface area (Å²) in [6.07, 6.45) is 2.84. The highest BCUT2D eigenvalue weighted by atomic mass is 19.1. The van der Waals surface area contributed by atoms with Crippen molar-refractivity contribution >= 4 is 0 Å². The molecule has 1 saturated heterocycles. The lowest BCUT2D eigenvalue weighted by atomic mass is 10.1. The third-order valence-corrected chi connectivity index (χ3v) is 3.22. The quantitative estimate of drug-likeness (QED) is 0.925. The van der Waals surface area contributed by atoms with Gasteiger partial charge in [-0.3, -0.25) is 0 Å². The minimum atomic E-state index is -0.689. The Bertz CT molecular complexity index is 579. The van der Waals surface area contributed by atoms with E-state index in [0.29, 0.717) is 18.4 Å². The van der Waals surface area contributed by atoms with Crippen molar-refractivity contribution in [2.75, 3.05) is 6.54 Å². The highest BCUT2D eigenvalue weighted by molar-refractivity contribution is 5.54. The number of hydrogen-bond donors (Lipinski definition) is 1. The Hall–Kier alpha value is -1.82. The third kappa shape index (κ3) is 2.63. The zero-order valence-corrected chi connectivity index (χ0v) is 10.2. The van der Waals surface area contributed by atoms with E-state index in [1.54, 1.807) is 0 Å². The molecule has 0 saturated carbocycles. The molecule has 4 nitrogen and oxygen atoms in total. The number of nitrogens with one attached hydrogen (secondary N) is 1. The summed E-state index contributed by atoms with van der Waals surface area (Å²) in [6, 6.07) is 3.63. The van der Waals surface area contributed by atoms with Crippen LogP contribution in [0.4, 0.5) is 8.78 Å². The van der Waals surface area contributed by atoms with E-state index in [0.717, 1.165) is 25.5 Å². The van der Waals surface area contributed by atoms with E-state index in [2.05, 4.69) is 15.5 Å². The van der Waals surface area contributed by atoms with Gasteiger partial charge in [0.15, 0.2) is 0 Å². The van der Waals surface area contributed by atoms with Gasteiger partial charge in [-0.1, -0.05) is 5.16 Å². The SMILES string of the molecule is Fc1ccc(-c2noc(CC3CCCN3)n2)c(F)c1. The van der Waals surface area contributed by atoms with Gasteiger partial charge in [-0.2, -0.15) is 4.98 Å². The summed E-state index contributed by atoms with van der Waals surface area (Å²) < 4.78 is 31.5. The Morgan fingerprint density at radius 3 is 3.00 bits per heavy atom. The summed E-state index contributed by atoms with van der Waals surface area (Å²) >= 11 is 0. The Morgan fingerprint density at radius 1 is 1.37 bits per heavy atom. The number of halogens is 2. The molecule has 1 aliphatic rings. The van der Waals surface area contributed by atoms with Crippen LogP contribution in [0.3, 0.4) is 0 Å². The Labute approximate surface area is 108 Å². The fourth-order valence-corrected chi connectivity index (χ4v) is 2.26. The van der Waals surface area contributed by atoms with Crippen molar-refractivity contribution in [3.63, 3.8) is 0 Å². The molecule has 0 radical (unpaired) electrons. The second-order valence-electron chi connectivity index (χ2n) is 4.63. The lowest BCUT2D eigenvalue weighted by Gasteiger charge is -2.04. The first-order chi connectivity index (χ1) is 9.22. The van der Waals surface area contributed by atoms with E-state index < -0.39 is 11.6 Å². The summed E-state index contributed by atoms with van der Waals surface area (Å²) in [5.41, 5.74) is 0.149. The number of hydrogen-bond acceptors (Lipinski definition) is 4. The van der Waals surface area contributed by atoms with Crippen LogP contribution in [0, 0.1) is 11.6 Å². The summed E-state index contributed by atoms with van der Waals surface area (Å²) in [5, 5.41) is 7.06. The average molecular weight is 265 g/mol. The summed E-state index contributed by atoms with van der Waals surface area (Å²) in [7, 11) is 0. The van der Waals surface area contributed by atoms with Gasteiger partial charge in [0, 0.05) is 18.5 Å². The third-order valence-electron chi connectivity index (χ3n) is 3.22. The van der Waals surface area contributed by atoms with Crippen LogP contribution < -0.4 is 5.32 Å². The highest BCUT2D eigenvalue weighted by Crippen LogP contribution is 2.21. The van der Waals surface area contributed by atoms with Gasteiger partial charge in [-0.05, 0) is 31.5 Å². The van der Waals surface area contributed by atoms with Crippen LogP contribution in [0.5, 0.6) is 0 Å². The largest absolute Gasteiger partial charge is 0.339 e. The molecule has 0 amide bonds. The molecule has 0 spiro atoms. The molecule has 2 heterocycles. The number of rotatable bonds is 3. The second-order valence-corrected chi connectivity index (χ2v) is 4.63. The first-order valence-electron chi connectivity index (χ1n) is 6.24. The zero-order valence-electron chi connectivity index (χ0n) is 10.2. The molecule has 1 atom stereocenters. The van der Waals surface area contributed by atoms with E-state index in [4.69, 9.17) is 4.52 Å². The van der Waals surface area contributed by atoms with Crippen LogP contribution in [-0.2, 0) is 6.42 Å². The Balaban J connectivity index is 1.80. The van der Waals surface area contributed by atoms with Gasteiger partial charge in [-0.15, -0.1) is 0 Å². The molecule has 1 N–H and O–H groups in total. The van der Waals surface area contributed by atoms with Gasteiger partial charge in [0.25, 0.3) is 0 Å². The highest BCUT2D eigenvalue weighted by Gasteiger charge is 2.19. The topological polar surface area (TPSA) is 51.0 Å². The normalized spacial score (nSPS) is 18.9. The number of benzene rings is 1. The molecule has 1 aromatic carbocycles. The van der Waals surface area contributed by atoms with Crippen molar-refractivity contribution in [3.8, 4) is 11.4 Å². The second kappa shape index (κ2) is 5.05. The Kier molecular flexibility index (Phi) is 3.25. The molecule has 0 bridgehead atoms. The first kappa shape index (κ1) is 12.2. The van der Waals surface area contributed by atoms with Crippen LogP contribution in [0.2, 0.25) is 0 Å². The van der Waals surface area contributed by atoms with Crippen LogP contribution in [0.15, 0.2) is 22.7 Å². The molecular weight excluding hydrogens is 252 g/mol. The lowest BCUT2D eigenvalue weighted by molar-refractivity contribution is 0.364. The van der Waals surface area contributed by atoms with Crippen LogP contribution in [-0.4, -0.2) is 22.7 Å². The standard InChI is InChI=1S/C13H13F2N3O/c14-8-3-4-10(11(15)6-8)13-17-12(19-18-13)7-9-2-1-5-16-9/h3-4,6,9,16H,1-2,5,7H2. The zero-order chi connectivity index (χ0) is 13.2. The van der Waals surface area contributed by atoms with Crippen LogP contribution in [0.25, 0.3) is 11.4 Å². The van der Waals surface area contributed by atoms with E-state index in [1.165, 1.54) is 12.1 Å². The number of aromatic nitrogens is 2. The van der Waals surface area contributed by atoms with E-state index in [-0.39, 0.29) is 11.4 Å². The van der Waals surface area contributed by atoms with Crippen molar-refractivity contribution in [2.45, 2.75) is 25.3 Å². The maximum Gasteiger partial charge on any atom is 0.228 e. The van der Waals surface area contributed by atoms with Gasteiger partial charge in [0.2, 0.25) is 11.7 Å². The van der Waals surface area contributed by atoms with E-state index >= 15 is 0 Å². The maximum absolute atomic E-state index is 13.6. The fourth-order valence-electron chi connectivity index (χ4n) is 2.26. The minimum absolute atomic E-state index is 0.149. The van der Waals surface area contributed by atoms with Gasteiger partial charge in [-0.25, -0.2) is 8.78 Å². The molecule has 1 aliphatic heterocycles. The van der Waals surface area contributed by atoms with Gasteiger partial charge in [0.1, 0.15) is 11.6 Å². The van der Waals surface area contributed by atoms with Crippen molar-refractivity contribution in [2.24, 2.45) is 0 Å². The molecular formula is C13H13F2N3O. The molecule has 19 heavy (non-hydrogen) atoms. The van der Waals surface area contributed by atoms with Crippen molar-refractivity contribution in [1.82, 2.24) is 15.5 Å². The summed E-state index contributed by atoms with van der Waals surface area (Å²) in [4.78, 5) is 4.15. The van der Waals surface area contributed by atoms with Crippen LogP contribution >= 0.6 is 0 Å². The molecule has 1 unspecified atom stereocenters. The minimum Gasteiger partial charge on any atom is -0.339 e.